The number of nitrogens with zero attached hydrogens (tertiary/aromatic N) is 3. The topological polar surface area (TPSA) is 62.2 Å². The number of likely N-dealkylation sites (N-methyl/N-ethyl adjacent to an activating group) is 1. The molecule has 5 rings (SSSR count). The Bertz CT molecular complexity index is 1340. The molecule has 37 heavy (non-hydrogen) atoms. The molecule has 0 saturated heterocycles. The van der Waals surface area contributed by atoms with E-state index < -0.39 is 0 Å². The fraction of sp³-hybridized carbons (Fsp3) is 0.241. The van der Waals surface area contributed by atoms with Gasteiger partial charge in [0.1, 0.15) is 23.2 Å². The summed E-state index contributed by atoms with van der Waals surface area (Å²) in [5.74, 6) is 1.43. The van der Waals surface area contributed by atoms with Crippen molar-refractivity contribution >= 4 is 30.9 Å². The van der Waals surface area contributed by atoms with E-state index in [2.05, 4.69) is 34.3 Å². The number of carbonyl (C=O) groups is 1. The van der Waals surface area contributed by atoms with Crippen LogP contribution in [-0.4, -0.2) is 40.0 Å². The molecule has 0 unspecified atom stereocenters. The second-order valence-corrected chi connectivity index (χ2v) is 9.17. The summed E-state index contributed by atoms with van der Waals surface area (Å²) < 4.78 is 15.8. The van der Waals surface area contributed by atoms with Crippen LogP contribution in [0.1, 0.15) is 17.0 Å². The number of imidazole rings is 1. The van der Waals surface area contributed by atoms with E-state index in [9.17, 15) is 9.18 Å². The summed E-state index contributed by atoms with van der Waals surface area (Å²) in [6, 6.07) is 24.3. The highest BCUT2D eigenvalue weighted by Gasteiger charge is 2.30. The Morgan fingerprint density at radius 1 is 1.00 bits per heavy atom. The minimum atomic E-state index is -0.310. The Morgan fingerprint density at radius 2 is 1.70 bits per heavy atom. The number of aromatic nitrogens is 2. The van der Waals surface area contributed by atoms with E-state index in [1.165, 1.54) is 17.7 Å². The molecule has 3 aromatic carbocycles. The molecule has 0 radical (unpaired) electrons. The lowest BCUT2D eigenvalue weighted by molar-refractivity contribution is -0.134. The summed E-state index contributed by atoms with van der Waals surface area (Å²) >= 11 is 0. The molecule has 0 aliphatic carbocycles. The molecule has 0 bridgehead atoms. The zero-order valence-corrected chi connectivity index (χ0v) is 22.0. The molecule has 8 heteroatoms. The van der Waals surface area contributed by atoms with Crippen molar-refractivity contribution in [3.05, 3.63) is 102 Å². The van der Waals surface area contributed by atoms with Crippen molar-refractivity contribution < 1.29 is 9.18 Å². The van der Waals surface area contributed by atoms with E-state index in [4.69, 9.17) is 4.98 Å². The lowest BCUT2D eigenvalue weighted by Crippen LogP contribution is -2.49. The number of amides is 1. The quantitative estimate of drug-likeness (QED) is 0.361. The van der Waals surface area contributed by atoms with E-state index in [0.29, 0.717) is 26.1 Å². The highest BCUT2D eigenvalue weighted by atomic mass is 32.1. The van der Waals surface area contributed by atoms with Gasteiger partial charge in [0.25, 0.3) is 0 Å². The first-order valence-electron chi connectivity index (χ1n) is 12.2. The van der Waals surface area contributed by atoms with Gasteiger partial charge < -0.3 is 20.1 Å². The SMILES string of the molecule is CN[C@@H](Cc1ccccc1)C(=O)N1CCn2c(nc(-c3ccc(F)cc3)c2Nc2ccc(C)cc2)C1.S. The molecule has 2 heterocycles. The molecule has 6 nitrogen and oxygen atoms in total. The predicted octanol–water partition coefficient (Wildman–Crippen LogP) is 5.03. The van der Waals surface area contributed by atoms with E-state index in [0.717, 1.165) is 34.2 Å². The van der Waals surface area contributed by atoms with Gasteiger partial charge in [0.15, 0.2) is 0 Å². The second kappa shape index (κ2) is 11.6. The normalized spacial score (nSPS) is 13.4. The third-order valence-electron chi connectivity index (χ3n) is 6.65. The summed E-state index contributed by atoms with van der Waals surface area (Å²) in [5, 5.41) is 6.71. The highest BCUT2D eigenvalue weighted by Crippen LogP contribution is 2.33. The van der Waals surface area contributed by atoms with Gasteiger partial charge in [-0.25, -0.2) is 9.37 Å². The van der Waals surface area contributed by atoms with Crippen LogP contribution in [0.3, 0.4) is 0 Å². The van der Waals surface area contributed by atoms with Crippen LogP contribution in [0, 0.1) is 12.7 Å². The Morgan fingerprint density at radius 3 is 2.38 bits per heavy atom. The number of rotatable bonds is 7. The Kier molecular flexibility index (Phi) is 8.31. The summed E-state index contributed by atoms with van der Waals surface area (Å²) in [6.45, 7) is 3.66. The number of anilines is 2. The Hall–Kier alpha value is -3.62. The average Bonchev–Trinajstić information content (AvgIpc) is 3.26. The molecule has 1 aromatic heterocycles. The molecule has 192 valence electrons. The van der Waals surface area contributed by atoms with Crippen LogP contribution in [0.2, 0.25) is 0 Å². The van der Waals surface area contributed by atoms with Gasteiger partial charge in [-0.05, 0) is 62.4 Å². The Labute approximate surface area is 224 Å². The van der Waals surface area contributed by atoms with E-state index in [1.54, 1.807) is 12.1 Å². The third kappa shape index (κ3) is 5.87. The molecule has 0 fully saturated rings. The van der Waals surface area contributed by atoms with E-state index in [-0.39, 0.29) is 31.3 Å². The zero-order chi connectivity index (χ0) is 25.1. The summed E-state index contributed by atoms with van der Waals surface area (Å²) in [4.78, 5) is 20.2. The number of nitrogens with one attached hydrogen (secondary N) is 2. The first kappa shape index (κ1) is 26.4. The third-order valence-corrected chi connectivity index (χ3v) is 6.65. The maximum absolute atomic E-state index is 13.6. The number of hydrogen-bond donors (Lipinski definition) is 2. The van der Waals surface area contributed by atoms with Gasteiger partial charge in [0, 0.05) is 24.3 Å². The van der Waals surface area contributed by atoms with Crippen molar-refractivity contribution in [2.75, 3.05) is 18.9 Å². The lowest BCUT2D eigenvalue weighted by Gasteiger charge is -2.31. The smallest absolute Gasteiger partial charge is 0.240 e. The molecule has 1 aliphatic rings. The number of fused-ring (bicyclic) bond motifs is 1. The van der Waals surface area contributed by atoms with E-state index >= 15 is 0 Å². The molecule has 4 aromatic rings. The molecule has 1 atom stereocenters. The Balaban J connectivity index is 0.00000320. The monoisotopic (exact) mass is 517 g/mol. The first-order valence-corrected chi connectivity index (χ1v) is 12.2. The minimum Gasteiger partial charge on any atom is -0.340 e. The van der Waals surface area contributed by atoms with Crippen molar-refractivity contribution in [1.82, 2.24) is 19.8 Å². The van der Waals surface area contributed by atoms with Gasteiger partial charge in [-0.1, -0.05) is 48.0 Å². The zero-order valence-electron chi connectivity index (χ0n) is 21.0. The van der Waals surface area contributed by atoms with Crippen LogP contribution in [0.4, 0.5) is 15.9 Å². The fourth-order valence-corrected chi connectivity index (χ4v) is 4.61. The van der Waals surface area contributed by atoms with Crippen LogP contribution < -0.4 is 10.6 Å². The predicted molar refractivity (Wildman–Crippen MR) is 151 cm³/mol. The summed E-state index contributed by atoms with van der Waals surface area (Å²) in [5.41, 5.74) is 4.81. The lowest BCUT2D eigenvalue weighted by atomic mass is 10.0. The first-order chi connectivity index (χ1) is 17.5. The van der Waals surface area contributed by atoms with Crippen LogP contribution in [0.25, 0.3) is 11.3 Å². The number of carbonyl (C=O) groups excluding carboxylic acids is 1. The van der Waals surface area contributed by atoms with Crippen LogP contribution >= 0.6 is 13.5 Å². The number of aryl methyl sites for hydroxylation is 1. The van der Waals surface area contributed by atoms with Crippen molar-refractivity contribution in [2.24, 2.45) is 0 Å². The van der Waals surface area contributed by atoms with E-state index in [1.807, 2.05) is 54.4 Å². The van der Waals surface area contributed by atoms with Gasteiger partial charge in [-0.3, -0.25) is 4.79 Å². The number of halogens is 1. The number of hydrogen-bond acceptors (Lipinski definition) is 4. The second-order valence-electron chi connectivity index (χ2n) is 9.17. The maximum Gasteiger partial charge on any atom is 0.240 e. The standard InChI is InChI=1S/C29H30FN5O.H2S/c1-20-8-14-24(15-9-20)32-28-27(22-10-12-23(30)13-11-22)33-26-19-34(16-17-35(26)28)29(36)25(31-2)18-21-6-4-3-5-7-21;/h3-15,25,31-32H,16-19H2,1-2H3;1H2/t25-;/m0./s1. The van der Waals surface area contributed by atoms with Gasteiger partial charge in [0.2, 0.25) is 5.91 Å². The van der Waals surface area contributed by atoms with Crippen molar-refractivity contribution in [2.45, 2.75) is 32.5 Å². The van der Waals surface area contributed by atoms with Gasteiger partial charge in [-0.2, -0.15) is 13.5 Å². The van der Waals surface area contributed by atoms with Crippen molar-refractivity contribution in [3.63, 3.8) is 0 Å². The number of benzene rings is 3. The van der Waals surface area contributed by atoms with Crippen LogP contribution in [-0.2, 0) is 24.3 Å². The summed E-state index contributed by atoms with van der Waals surface area (Å²) in [6.07, 6.45) is 0.627. The van der Waals surface area contributed by atoms with Gasteiger partial charge in [-0.15, -0.1) is 0 Å². The van der Waals surface area contributed by atoms with Crippen LogP contribution in [0.15, 0.2) is 78.9 Å². The molecule has 1 amide bonds. The average molecular weight is 518 g/mol. The maximum atomic E-state index is 13.6. The molecular formula is C29H32FN5OS. The molecular weight excluding hydrogens is 485 g/mol. The van der Waals surface area contributed by atoms with Crippen LogP contribution in [0.5, 0.6) is 0 Å². The van der Waals surface area contributed by atoms with Gasteiger partial charge in [0.05, 0.1) is 12.6 Å². The largest absolute Gasteiger partial charge is 0.340 e. The molecule has 0 spiro atoms. The highest BCUT2D eigenvalue weighted by molar-refractivity contribution is 7.59. The molecule has 0 saturated carbocycles. The van der Waals surface area contributed by atoms with Crippen molar-refractivity contribution in [1.29, 1.82) is 0 Å². The summed E-state index contributed by atoms with van der Waals surface area (Å²) in [7, 11) is 1.83. The molecule has 2 N–H and O–H groups in total. The van der Waals surface area contributed by atoms with Crippen molar-refractivity contribution in [3.8, 4) is 11.3 Å². The molecule has 1 aliphatic heterocycles. The van der Waals surface area contributed by atoms with Gasteiger partial charge >= 0.3 is 0 Å². The fourth-order valence-electron chi connectivity index (χ4n) is 4.61. The minimum absolute atomic E-state index is 0.